The van der Waals surface area contributed by atoms with Gasteiger partial charge in [0.2, 0.25) is 10.0 Å². The van der Waals surface area contributed by atoms with Gasteiger partial charge in [-0.05, 0) is 18.2 Å². The van der Waals surface area contributed by atoms with E-state index in [4.69, 9.17) is 4.74 Å². The first-order chi connectivity index (χ1) is 8.82. The number of hydrogen-bond donors (Lipinski definition) is 2. The Bertz CT molecular complexity index is 569. The van der Waals surface area contributed by atoms with Crippen LogP contribution in [0.1, 0.15) is 0 Å². The van der Waals surface area contributed by atoms with Crippen LogP contribution in [0.4, 0.5) is 10.5 Å². The number of hydrogen-bond acceptors (Lipinski definition) is 4. The van der Waals surface area contributed by atoms with Crippen LogP contribution in [0.5, 0.6) is 5.75 Å². The molecule has 0 heterocycles. The van der Waals surface area contributed by atoms with Crippen LogP contribution >= 0.6 is 0 Å². The lowest BCUT2D eigenvalue weighted by Gasteiger charge is -2.15. The van der Waals surface area contributed by atoms with Gasteiger partial charge in [-0.1, -0.05) is 0 Å². The summed E-state index contributed by atoms with van der Waals surface area (Å²) < 4.78 is 30.2. The van der Waals surface area contributed by atoms with Crippen molar-refractivity contribution in [1.29, 1.82) is 0 Å². The lowest BCUT2D eigenvalue weighted by molar-refractivity contribution is 0.254. The Morgan fingerprint density at radius 3 is 2.42 bits per heavy atom. The highest BCUT2D eigenvalue weighted by molar-refractivity contribution is 7.89. The number of carbonyl (C=O) groups is 1. The maximum absolute atomic E-state index is 12.0. The van der Waals surface area contributed by atoms with E-state index in [-0.39, 0.29) is 10.6 Å². The van der Waals surface area contributed by atoms with Crippen molar-refractivity contribution in [2.75, 3.05) is 33.6 Å². The molecule has 8 heteroatoms. The summed E-state index contributed by atoms with van der Waals surface area (Å²) in [6, 6.07) is 3.80. The minimum Gasteiger partial charge on any atom is -0.495 e. The molecule has 0 fully saturated rings. The summed E-state index contributed by atoms with van der Waals surface area (Å²) in [4.78, 5) is 11.4. The van der Waals surface area contributed by atoms with Crippen LogP contribution < -0.4 is 15.4 Å². The van der Waals surface area contributed by atoms with E-state index in [0.29, 0.717) is 5.75 Å². The molecule has 0 spiro atoms. The highest BCUT2D eigenvalue weighted by Gasteiger charge is 2.19. The van der Waals surface area contributed by atoms with Crippen molar-refractivity contribution in [3.05, 3.63) is 18.2 Å². The molecule has 7 nitrogen and oxygen atoms in total. The zero-order valence-corrected chi connectivity index (χ0v) is 12.0. The van der Waals surface area contributed by atoms with Crippen molar-refractivity contribution in [3.8, 4) is 5.75 Å². The lowest BCUT2D eigenvalue weighted by Crippen LogP contribution is -2.25. The van der Waals surface area contributed by atoms with Crippen LogP contribution in [-0.2, 0) is 10.0 Å². The quantitative estimate of drug-likeness (QED) is 0.853. The fraction of sp³-hybridized carbons (Fsp3) is 0.364. The third-order valence-electron chi connectivity index (χ3n) is 2.42. The number of nitrogens with zero attached hydrogens (tertiary/aromatic N) is 1. The average molecular weight is 287 g/mol. The molecule has 106 valence electrons. The second-order valence-electron chi connectivity index (χ2n) is 3.85. The van der Waals surface area contributed by atoms with Gasteiger partial charge >= 0.3 is 6.03 Å². The van der Waals surface area contributed by atoms with Crippen molar-refractivity contribution < 1.29 is 17.9 Å². The van der Waals surface area contributed by atoms with Gasteiger partial charge in [0.1, 0.15) is 5.75 Å². The zero-order chi connectivity index (χ0) is 14.6. The number of sulfonamides is 1. The Labute approximate surface area is 112 Å². The molecule has 0 aliphatic heterocycles. The van der Waals surface area contributed by atoms with Crippen molar-refractivity contribution in [2.45, 2.75) is 4.90 Å². The summed E-state index contributed by atoms with van der Waals surface area (Å²) in [6.45, 7) is 0. The predicted octanol–water partition coefficient (Wildman–Crippen LogP) is 0.697. The maximum atomic E-state index is 12.0. The van der Waals surface area contributed by atoms with Gasteiger partial charge in [0.25, 0.3) is 0 Å². The van der Waals surface area contributed by atoms with E-state index in [9.17, 15) is 13.2 Å². The second-order valence-corrected chi connectivity index (χ2v) is 6.01. The molecule has 2 N–H and O–H groups in total. The number of amides is 2. The van der Waals surface area contributed by atoms with Gasteiger partial charge in [-0.15, -0.1) is 0 Å². The van der Waals surface area contributed by atoms with E-state index in [1.807, 2.05) is 0 Å². The number of anilines is 1. The first-order valence-electron chi connectivity index (χ1n) is 5.42. The van der Waals surface area contributed by atoms with E-state index in [1.54, 1.807) is 0 Å². The fourth-order valence-electron chi connectivity index (χ4n) is 1.34. The highest BCUT2D eigenvalue weighted by atomic mass is 32.2. The van der Waals surface area contributed by atoms with E-state index >= 15 is 0 Å². The molecule has 0 atom stereocenters. The molecule has 0 saturated heterocycles. The minimum atomic E-state index is -3.56. The minimum absolute atomic E-state index is 0.0738. The van der Waals surface area contributed by atoms with Gasteiger partial charge in [0.05, 0.1) is 17.7 Å². The molecule has 1 aromatic rings. The molecule has 2 amide bonds. The molecular formula is C11H17N3O4S. The number of benzene rings is 1. The molecule has 0 saturated carbocycles. The molecule has 0 bridgehead atoms. The topological polar surface area (TPSA) is 87.7 Å². The molecule has 0 unspecified atom stereocenters. The molecule has 19 heavy (non-hydrogen) atoms. The predicted molar refractivity (Wildman–Crippen MR) is 71.9 cm³/mol. The Kier molecular flexibility index (Phi) is 4.73. The Balaban J connectivity index is 3.26. The number of nitrogens with one attached hydrogen (secondary N) is 2. The van der Waals surface area contributed by atoms with E-state index in [0.717, 1.165) is 4.31 Å². The highest BCUT2D eigenvalue weighted by Crippen LogP contribution is 2.28. The smallest absolute Gasteiger partial charge is 0.319 e. The molecule has 0 aliphatic carbocycles. The summed E-state index contributed by atoms with van der Waals surface area (Å²) >= 11 is 0. The first kappa shape index (κ1) is 15.3. The number of urea groups is 1. The SMILES string of the molecule is CNC(=O)Nc1cc(S(=O)(=O)N(C)C)ccc1OC. The van der Waals surface area contributed by atoms with Gasteiger partial charge in [-0.3, -0.25) is 0 Å². The van der Waals surface area contributed by atoms with E-state index in [1.165, 1.54) is 46.5 Å². The van der Waals surface area contributed by atoms with Crippen LogP contribution in [0.3, 0.4) is 0 Å². The Morgan fingerprint density at radius 2 is 1.95 bits per heavy atom. The van der Waals surface area contributed by atoms with Crippen molar-refractivity contribution >= 4 is 21.7 Å². The number of carbonyl (C=O) groups excluding carboxylic acids is 1. The maximum Gasteiger partial charge on any atom is 0.319 e. The summed E-state index contributed by atoms with van der Waals surface area (Å²) in [7, 11) is 2.21. The van der Waals surface area contributed by atoms with Crippen molar-refractivity contribution in [2.24, 2.45) is 0 Å². The van der Waals surface area contributed by atoms with Crippen LogP contribution in [-0.4, -0.2) is 47.0 Å². The third kappa shape index (κ3) is 3.36. The molecule has 0 aliphatic rings. The third-order valence-corrected chi connectivity index (χ3v) is 4.24. The van der Waals surface area contributed by atoms with Crippen molar-refractivity contribution in [3.63, 3.8) is 0 Å². The van der Waals surface area contributed by atoms with Crippen LogP contribution in [0, 0.1) is 0 Å². The van der Waals surface area contributed by atoms with Gasteiger partial charge in [-0.2, -0.15) is 0 Å². The summed E-state index contributed by atoms with van der Waals surface area (Å²) in [5.41, 5.74) is 0.282. The summed E-state index contributed by atoms with van der Waals surface area (Å²) in [5.74, 6) is 0.376. The van der Waals surface area contributed by atoms with Crippen LogP contribution in [0.25, 0.3) is 0 Å². The molecule has 0 aromatic heterocycles. The van der Waals surface area contributed by atoms with Gasteiger partial charge < -0.3 is 15.4 Å². The molecule has 1 aromatic carbocycles. The Morgan fingerprint density at radius 1 is 1.32 bits per heavy atom. The monoisotopic (exact) mass is 287 g/mol. The number of methoxy groups -OCH3 is 1. The standard InChI is InChI=1S/C11H17N3O4S/c1-12-11(15)13-9-7-8(5-6-10(9)18-4)19(16,17)14(2)3/h5-7H,1-4H3,(H2,12,13,15). The molecular weight excluding hydrogens is 270 g/mol. The average Bonchev–Trinajstić information content (AvgIpc) is 2.38. The fourth-order valence-corrected chi connectivity index (χ4v) is 2.27. The van der Waals surface area contributed by atoms with E-state index < -0.39 is 16.1 Å². The largest absolute Gasteiger partial charge is 0.495 e. The number of rotatable bonds is 4. The normalized spacial score (nSPS) is 11.2. The Hall–Kier alpha value is -1.80. The van der Waals surface area contributed by atoms with Gasteiger partial charge in [-0.25, -0.2) is 17.5 Å². The number of ether oxygens (including phenoxy) is 1. The van der Waals surface area contributed by atoms with Crippen LogP contribution in [0.15, 0.2) is 23.1 Å². The summed E-state index contributed by atoms with van der Waals surface area (Å²) in [6.07, 6.45) is 0. The van der Waals surface area contributed by atoms with Crippen molar-refractivity contribution in [1.82, 2.24) is 9.62 Å². The first-order valence-corrected chi connectivity index (χ1v) is 6.86. The molecule has 1 rings (SSSR count). The van der Waals surface area contributed by atoms with Crippen LogP contribution in [0.2, 0.25) is 0 Å². The lowest BCUT2D eigenvalue weighted by atomic mass is 10.3. The van der Waals surface area contributed by atoms with Gasteiger partial charge in [0, 0.05) is 21.1 Å². The summed E-state index contributed by atoms with van der Waals surface area (Å²) in [5, 5.41) is 4.88. The zero-order valence-electron chi connectivity index (χ0n) is 11.2. The van der Waals surface area contributed by atoms with Gasteiger partial charge in [0.15, 0.2) is 0 Å². The second kappa shape index (κ2) is 5.89. The van der Waals surface area contributed by atoms with E-state index in [2.05, 4.69) is 10.6 Å². The molecule has 0 radical (unpaired) electrons.